The fourth-order valence-corrected chi connectivity index (χ4v) is 3.95. The molecule has 0 bridgehead atoms. The lowest BCUT2D eigenvalue weighted by Crippen LogP contribution is -2.43. The fourth-order valence-electron chi connectivity index (χ4n) is 3.78. The SMILES string of the molecule is COc1ccc(Cl)cc1C(=O)NNC(=O)CCN1C(=O)[C@H]2CCCC[C@@H]2C1=O. The lowest BCUT2D eigenvalue weighted by atomic mass is 9.81. The number of carbonyl (C=O) groups excluding carboxylic acids is 4. The molecule has 9 heteroatoms. The van der Waals surface area contributed by atoms with E-state index in [1.165, 1.54) is 18.1 Å². The standard InChI is InChI=1S/C19H22ClN3O5/c1-28-15-7-6-11(20)10-14(15)17(25)22-21-16(24)8-9-23-18(26)12-4-2-3-5-13(12)19(23)27/h6-7,10,12-13H,2-5,8-9H2,1H3,(H,21,24)(H,22,25)/t12-,13-/m0/s1. The van der Waals surface area contributed by atoms with E-state index in [9.17, 15) is 19.2 Å². The molecule has 1 aromatic carbocycles. The van der Waals surface area contributed by atoms with Crippen LogP contribution in [-0.2, 0) is 14.4 Å². The molecule has 1 aromatic rings. The Morgan fingerprint density at radius 2 is 1.79 bits per heavy atom. The molecule has 150 valence electrons. The minimum Gasteiger partial charge on any atom is -0.496 e. The van der Waals surface area contributed by atoms with Crippen LogP contribution in [0.15, 0.2) is 18.2 Å². The van der Waals surface area contributed by atoms with Crippen LogP contribution in [-0.4, -0.2) is 42.2 Å². The van der Waals surface area contributed by atoms with Crippen LogP contribution >= 0.6 is 11.6 Å². The van der Waals surface area contributed by atoms with Crippen molar-refractivity contribution >= 4 is 35.2 Å². The van der Waals surface area contributed by atoms with Gasteiger partial charge in [0.05, 0.1) is 24.5 Å². The first-order valence-corrected chi connectivity index (χ1v) is 9.58. The Kier molecular flexibility index (Phi) is 6.18. The second-order valence-corrected chi connectivity index (χ2v) is 7.36. The van der Waals surface area contributed by atoms with Crippen LogP contribution in [0.5, 0.6) is 5.75 Å². The zero-order valence-corrected chi connectivity index (χ0v) is 16.3. The molecule has 1 heterocycles. The topological polar surface area (TPSA) is 105 Å². The normalized spacial score (nSPS) is 21.3. The average Bonchev–Trinajstić information content (AvgIpc) is 2.95. The second-order valence-electron chi connectivity index (χ2n) is 6.92. The Labute approximate surface area is 167 Å². The van der Waals surface area contributed by atoms with Crippen LogP contribution < -0.4 is 15.6 Å². The molecule has 2 aliphatic rings. The van der Waals surface area contributed by atoms with E-state index >= 15 is 0 Å². The number of halogens is 1. The van der Waals surface area contributed by atoms with E-state index in [1.54, 1.807) is 12.1 Å². The minimum atomic E-state index is -0.591. The van der Waals surface area contributed by atoms with E-state index in [0.717, 1.165) is 25.7 Å². The van der Waals surface area contributed by atoms with E-state index in [2.05, 4.69) is 10.9 Å². The van der Waals surface area contributed by atoms with Gasteiger partial charge in [0.15, 0.2) is 0 Å². The molecule has 2 fully saturated rings. The number of hydrogen-bond acceptors (Lipinski definition) is 5. The molecule has 2 atom stereocenters. The number of imide groups is 1. The highest BCUT2D eigenvalue weighted by molar-refractivity contribution is 6.31. The van der Waals surface area contributed by atoms with Crippen molar-refractivity contribution in [3.05, 3.63) is 28.8 Å². The molecule has 3 rings (SSSR count). The zero-order chi connectivity index (χ0) is 20.3. The Bertz CT molecular complexity index is 789. The highest BCUT2D eigenvalue weighted by atomic mass is 35.5. The summed E-state index contributed by atoms with van der Waals surface area (Å²) in [4.78, 5) is 50.3. The summed E-state index contributed by atoms with van der Waals surface area (Å²) in [6.07, 6.45) is 3.27. The first-order chi connectivity index (χ1) is 13.4. The molecule has 4 amide bonds. The number of hydrazine groups is 1. The Morgan fingerprint density at radius 1 is 1.14 bits per heavy atom. The van der Waals surface area contributed by atoms with E-state index in [4.69, 9.17) is 16.3 Å². The van der Waals surface area contributed by atoms with E-state index in [1.807, 2.05) is 0 Å². The number of fused-ring (bicyclic) bond motifs is 1. The largest absolute Gasteiger partial charge is 0.496 e. The second kappa shape index (κ2) is 8.60. The summed E-state index contributed by atoms with van der Waals surface area (Å²) in [6.45, 7) is 0.00680. The predicted octanol–water partition coefficient (Wildman–Crippen LogP) is 1.67. The van der Waals surface area contributed by atoms with Crippen LogP contribution in [0.2, 0.25) is 5.02 Å². The summed E-state index contributed by atoms with van der Waals surface area (Å²) in [5.74, 6) is -1.63. The van der Waals surface area contributed by atoms with E-state index < -0.39 is 11.8 Å². The molecule has 1 aliphatic carbocycles. The van der Waals surface area contributed by atoms with E-state index in [0.29, 0.717) is 10.8 Å². The number of benzene rings is 1. The number of methoxy groups -OCH3 is 1. The number of amides is 4. The van der Waals surface area contributed by atoms with Crippen LogP contribution in [0.25, 0.3) is 0 Å². The third-order valence-corrected chi connectivity index (χ3v) is 5.45. The van der Waals surface area contributed by atoms with Crippen molar-refractivity contribution in [3.8, 4) is 5.75 Å². The van der Waals surface area contributed by atoms with Crippen LogP contribution in [0, 0.1) is 11.8 Å². The first-order valence-electron chi connectivity index (χ1n) is 9.20. The average molecular weight is 408 g/mol. The van der Waals surface area contributed by atoms with Crippen molar-refractivity contribution in [2.75, 3.05) is 13.7 Å². The van der Waals surface area contributed by atoms with Crippen molar-refractivity contribution in [3.63, 3.8) is 0 Å². The van der Waals surface area contributed by atoms with Gasteiger partial charge in [0, 0.05) is 18.0 Å². The molecule has 0 spiro atoms. The number of nitrogens with zero attached hydrogens (tertiary/aromatic N) is 1. The Morgan fingerprint density at radius 3 is 2.39 bits per heavy atom. The van der Waals surface area contributed by atoms with Crippen LogP contribution in [0.4, 0.5) is 0 Å². The van der Waals surface area contributed by atoms with Crippen molar-refractivity contribution < 1.29 is 23.9 Å². The van der Waals surface area contributed by atoms with Gasteiger partial charge in [-0.3, -0.25) is 34.9 Å². The van der Waals surface area contributed by atoms with Crippen molar-refractivity contribution in [1.29, 1.82) is 0 Å². The number of rotatable bonds is 5. The summed E-state index contributed by atoms with van der Waals surface area (Å²) in [5, 5.41) is 0.352. The zero-order valence-electron chi connectivity index (χ0n) is 15.5. The number of carbonyl (C=O) groups is 4. The van der Waals surface area contributed by atoms with Gasteiger partial charge in [-0.1, -0.05) is 24.4 Å². The molecule has 28 heavy (non-hydrogen) atoms. The van der Waals surface area contributed by atoms with E-state index in [-0.39, 0.29) is 42.2 Å². The molecular formula is C19H22ClN3O5. The van der Waals surface area contributed by atoms with Gasteiger partial charge in [-0.25, -0.2) is 0 Å². The molecule has 1 saturated heterocycles. The van der Waals surface area contributed by atoms with Crippen LogP contribution in [0.3, 0.4) is 0 Å². The Hall–Kier alpha value is -2.61. The van der Waals surface area contributed by atoms with Gasteiger partial charge < -0.3 is 4.74 Å². The van der Waals surface area contributed by atoms with Crippen LogP contribution in [0.1, 0.15) is 42.5 Å². The highest BCUT2D eigenvalue weighted by Crippen LogP contribution is 2.37. The quantitative estimate of drug-likeness (QED) is 0.570. The van der Waals surface area contributed by atoms with Gasteiger partial charge in [0.1, 0.15) is 5.75 Å². The Balaban J connectivity index is 1.51. The molecule has 0 unspecified atom stereocenters. The molecular weight excluding hydrogens is 386 g/mol. The first kappa shape index (κ1) is 20.1. The third kappa shape index (κ3) is 4.11. The third-order valence-electron chi connectivity index (χ3n) is 5.22. The highest BCUT2D eigenvalue weighted by Gasteiger charge is 2.47. The number of hydrogen-bond donors (Lipinski definition) is 2. The number of likely N-dealkylation sites (tertiary alicyclic amines) is 1. The molecule has 0 aromatic heterocycles. The summed E-state index contributed by atoms with van der Waals surface area (Å²) < 4.78 is 5.10. The van der Waals surface area contributed by atoms with Gasteiger partial charge in [-0.2, -0.15) is 0 Å². The molecule has 2 N–H and O–H groups in total. The van der Waals surface area contributed by atoms with Crippen molar-refractivity contribution in [2.45, 2.75) is 32.1 Å². The molecule has 1 aliphatic heterocycles. The maximum Gasteiger partial charge on any atom is 0.273 e. The summed E-state index contributed by atoms with van der Waals surface area (Å²) in [6, 6.07) is 4.55. The molecule has 1 saturated carbocycles. The van der Waals surface area contributed by atoms with Gasteiger partial charge in [0.2, 0.25) is 17.7 Å². The summed E-state index contributed by atoms with van der Waals surface area (Å²) in [7, 11) is 1.42. The summed E-state index contributed by atoms with van der Waals surface area (Å²) in [5.41, 5.74) is 4.74. The molecule has 8 nitrogen and oxygen atoms in total. The maximum absolute atomic E-state index is 12.4. The van der Waals surface area contributed by atoms with Gasteiger partial charge in [-0.15, -0.1) is 0 Å². The fraction of sp³-hybridized carbons (Fsp3) is 0.474. The van der Waals surface area contributed by atoms with Gasteiger partial charge in [0.25, 0.3) is 5.91 Å². The van der Waals surface area contributed by atoms with Gasteiger partial charge in [-0.05, 0) is 31.0 Å². The lowest BCUT2D eigenvalue weighted by molar-refractivity contribution is -0.140. The molecule has 0 radical (unpaired) electrons. The lowest BCUT2D eigenvalue weighted by Gasteiger charge is -2.19. The smallest absolute Gasteiger partial charge is 0.273 e. The minimum absolute atomic E-state index is 0.00680. The monoisotopic (exact) mass is 407 g/mol. The van der Waals surface area contributed by atoms with Gasteiger partial charge >= 0.3 is 0 Å². The van der Waals surface area contributed by atoms with Crippen molar-refractivity contribution in [1.82, 2.24) is 15.8 Å². The number of ether oxygens (including phenoxy) is 1. The van der Waals surface area contributed by atoms with Crippen molar-refractivity contribution in [2.24, 2.45) is 11.8 Å². The maximum atomic E-state index is 12.4. The number of nitrogens with one attached hydrogen (secondary N) is 2. The predicted molar refractivity (Wildman–Crippen MR) is 100 cm³/mol. The summed E-state index contributed by atoms with van der Waals surface area (Å²) >= 11 is 5.89.